The van der Waals surface area contributed by atoms with Gasteiger partial charge in [-0.1, -0.05) is 42.5 Å². The van der Waals surface area contributed by atoms with E-state index in [9.17, 15) is 0 Å². The number of benzene rings is 2. The molecule has 0 saturated heterocycles. The van der Waals surface area contributed by atoms with Gasteiger partial charge in [-0.3, -0.25) is 0 Å². The Morgan fingerprint density at radius 3 is 2.62 bits per heavy atom. The Morgan fingerprint density at radius 2 is 1.75 bits per heavy atom. The first-order chi connectivity index (χ1) is 11.9. The summed E-state index contributed by atoms with van der Waals surface area (Å²) < 4.78 is 5.88. The van der Waals surface area contributed by atoms with E-state index in [1.165, 1.54) is 0 Å². The first kappa shape index (κ1) is 14.7. The van der Waals surface area contributed by atoms with Crippen molar-refractivity contribution in [2.24, 2.45) is 0 Å². The van der Waals surface area contributed by atoms with Crippen molar-refractivity contribution in [1.82, 2.24) is 15.3 Å². The van der Waals surface area contributed by atoms with E-state index >= 15 is 0 Å². The Morgan fingerprint density at radius 1 is 0.917 bits per heavy atom. The molecule has 0 aliphatic heterocycles. The average Bonchev–Trinajstić information content (AvgIpc) is 3.26. The fraction of sp³-hybridized carbons (Fsp3) is 0.150. The molecule has 0 aliphatic carbocycles. The Bertz CT molecular complexity index is 891. The molecule has 0 bridgehead atoms. The molecule has 2 heterocycles. The number of nitrogens with zero attached hydrogens (tertiary/aromatic N) is 1. The van der Waals surface area contributed by atoms with Gasteiger partial charge < -0.3 is 14.7 Å². The summed E-state index contributed by atoms with van der Waals surface area (Å²) in [6, 6.07) is 22.3. The molecule has 4 heteroatoms. The van der Waals surface area contributed by atoms with Gasteiger partial charge in [-0.2, -0.15) is 0 Å². The number of aromatic amines is 1. The fourth-order valence-electron chi connectivity index (χ4n) is 2.77. The molecule has 2 aromatic heterocycles. The summed E-state index contributed by atoms with van der Waals surface area (Å²) in [6.45, 7) is 1.56. The van der Waals surface area contributed by atoms with E-state index in [0.717, 1.165) is 46.9 Å². The maximum atomic E-state index is 5.88. The van der Waals surface area contributed by atoms with Crippen molar-refractivity contribution in [3.63, 3.8) is 0 Å². The van der Waals surface area contributed by atoms with Crippen LogP contribution in [0.25, 0.3) is 22.4 Å². The molecule has 0 radical (unpaired) electrons. The highest BCUT2D eigenvalue weighted by Gasteiger charge is 2.05. The van der Waals surface area contributed by atoms with Crippen LogP contribution in [-0.4, -0.2) is 16.5 Å². The van der Waals surface area contributed by atoms with E-state index in [1.807, 2.05) is 54.6 Å². The van der Waals surface area contributed by atoms with Crippen LogP contribution in [0.4, 0.5) is 0 Å². The van der Waals surface area contributed by atoms with Crippen LogP contribution in [0.1, 0.15) is 11.6 Å². The average molecular weight is 317 g/mol. The third-order valence-electron chi connectivity index (χ3n) is 4.00. The molecule has 0 aliphatic rings. The minimum Gasteiger partial charge on any atom is -0.460 e. The lowest BCUT2D eigenvalue weighted by Crippen LogP contribution is -2.16. The van der Waals surface area contributed by atoms with Gasteiger partial charge in [0.15, 0.2) is 0 Å². The molecule has 0 saturated carbocycles. The lowest BCUT2D eigenvalue weighted by atomic mass is 10.2. The topological polar surface area (TPSA) is 53.9 Å². The van der Waals surface area contributed by atoms with Gasteiger partial charge in [0.05, 0.1) is 17.6 Å². The van der Waals surface area contributed by atoms with Gasteiger partial charge in [0, 0.05) is 18.5 Å². The standard InChI is InChI=1S/C20H19N3O/c1-2-6-15(7-3-1)19-11-10-16(24-19)14-21-13-12-20-22-17-8-4-5-9-18(17)23-20/h1-11,21H,12-14H2,(H,22,23). The summed E-state index contributed by atoms with van der Waals surface area (Å²) in [7, 11) is 0. The van der Waals surface area contributed by atoms with Crippen LogP contribution in [0.5, 0.6) is 0 Å². The molecular formula is C20H19N3O. The van der Waals surface area contributed by atoms with E-state index in [0.29, 0.717) is 6.54 Å². The Balaban J connectivity index is 1.30. The van der Waals surface area contributed by atoms with E-state index in [1.54, 1.807) is 0 Å². The number of hydrogen-bond acceptors (Lipinski definition) is 3. The van der Waals surface area contributed by atoms with Crippen LogP contribution >= 0.6 is 0 Å². The zero-order valence-electron chi connectivity index (χ0n) is 13.3. The number of H-pyrrole nitrogens is 1. The number of imidazole rings is 1. The normalized spacial score (nSPS) is 11.2. The Labute approximate surface area is 140 Å². The second-order valence-electron chi connectivity index (χ2n) is 5.76. The van der Waals surface area contributed by atoms with Crippen molar-refractivity contribution in [3.05, 3.63) is 78.3 Å². The van der Waals surface area contributed by atoms with Crippen molar-refractivity contribution in [1.29, 1.82) is 0 Å². The van der Waals surface area contributed by atoms with Crippen LogP contribution < -0.4 is 5.32 Å². The third-order valence-corrected chi connectivity index (χ3v) is 4.00. The number of nitrogens with one attached hydrogen (secondary N) is 2. The van der Waals surface area contributed by atoms with Gasteiger partial charge in [-0.05, 0) is 24.3 Å². The molecule has 0 atom stereocenters. The summed E-state index contributed by atoms with van der Waals surface area (Å²) in [5, 5.41) is 3.41. The largest absolute Gasteiger partial charge is 0.460 e. The van der Waals surface area contributed by atoms with Crippen LogP contribution in [0.3, 0.4) is 0 Å². The Hall–Kier alpha value is -2.85. The minimum absolute atomic E-state index is 0.715. The summed E-state index contributed by atoms with van der Waals surface area (Å²) in [5.41, 5.74) is 3.21. The second-order valence-corrected chi connectivity index (χ2v) is 5.76. The van der Waals surface area contributed by atoms with E-state index < -0.39 is 0 Å². The van der Waals surface area contributed by atoms with Crippen molar-refractivity contribution < 1.29 is 4.42 Å². The summed E-state index contributed by atoms with van der Waals surface area (Å²) in [6.07, 6.45) is 0.862. The third kappa shape index (κ3) is 3.24. The van der Waals surface area contributed by atoms with Crippen molar-refractivity contribution >= 4 is 11.0 Å². The number of aromatic nitrogens is 2. The van der Waals surface area contributed by atoms with Crippen LogP contribution in [0.15, 0.2) is 71.1 Å². The van der Waals surface area contributed by atoms with Gasteiger partial charge in [0.2, 0.25) is 0 Å². The molecule has 0 unspecified atom stereocenters. The number of rotatable bonds is 6. The zero-order valence-corrected chi connectivity index (χ0v) is 13.3. The quantitative estimate of drug-likeness (QED) is 0.525. The molecule has 120 valence electrons. The van der Waals surface area contributed by atoms with Gasteiger partial charge >= 0.3 is 0 Å². The van der Waals surface area contributed by atoms with E-state index in [-0.39, 0.29) is 0 Å². The number of hydrogen-bond donors (Lipinski definition) is 2. The van der Waals surface area contributed by atoms with Crippen LogP contribution in [0.2, 0.25) is 0 Å². The summed E-state index contributed by atoms with van der Waals surface area (Å²) >= 11 is 0. The summed E-state index contributed by atoms with van der Waals surface area (Å²) in [5.74, 6) is 2.86. The number of fused-ring (bicyclic) bond motifs is 1. The lowest BCUT2D eigenvalue weighted by molar-refractivity contribution is 0.494. The SMILES string of the molecule is c1ccc(-c2ccc(CNCCc3nc4ccccc4[nH]3)o2)cc1. The fourth-order valence-corrected chi connectivity index (χ4v) is 2.77. The van der Waals surface area contributed by atoms with Gasteiger partial charge in [0.25, 0.3) is 0 Å². The molecule has 0 fully saturated rings. The summed E-state index contributed by atoms with van der Waals surface area (Å²) in [4.78, 5) is 7.93. The van der Waals surface area contributed by atoms with E-state index in [2.05, 4.69) is 27.4 Å². The molecule has 0 amide bonds. The number of para-hydroxylation sites is 2. The second kappa shape index (κ2) is 6.72. The maximum Gasteiger partial charge on any atom is 0.134 e. The molecule has 2 aromatic carbocycles. The van der Waals surface area contributed by atoms with E-state index in [4.69, 9.17) is 4.42 Å². The predicted octanol–water partition coefficient (Wildman–Crippen LogP) is 4.16. The van der Waals surface area contributed by atoms with Crippen LogP contribution in [-0.2, 0) is 13.0 Å². The smallest absolute Gasteiger partial charge is 0.134 e. The molecule has 4 aromatic rings. The molecule has 24 heavy (non-hydrogen) atoms. The predicted molar refractivity (Wildman–Crippen MR) is 95.6 cm³/mol. The highest BCUT2D eigenvalue weighted by Crippen LogP contribution is 2.21. The highest BCUT2D eigenvalue weighted by molar-refractivity contribution is 5.74. The van der Waals surface area contributed by atoms with Crippen molar-refractivity contribution in [2.45, 2.75) is 13.0 Å². The zero-order chi connectivity index (χ0) is 16.2. The van der Waals surface area contributed by atoms with Gasteiger partial charge in [-0.25, -0.2) is 4.98 Å². The molecule has 4 rings (SSSR count). The first-order valence-electron chi connectivity index (χ1n) is 8.17. The maximum absolute atomic E-state index is 5.88. The molecular weight excluding hydrogens is 298 g/mol. The minimum atomic E-state index is 0.715. The van der Waals surface area contributed by atoms with Crippen LogP contribution in [0, 0.1) is 0 Å². The van der Waals surface area contributed by atoms with Gasteiger partial charge in [-0.15, -0.1) is 0 Å². The Kier molecular flexibility index (Phi) is 4.13. The highest BCUT2D eigenvalue weighted by atomic mass is 16.3. The molecule has 2 N–H and O–H groups in total. The first-order valence-corrected chi connectivity index (χ1v) is 8.17. The van der Waals surface area contributed by atoms with Crippen molar-refractivity contribution in [3.8, 4) is 11.3 Å². The molecule has 4 nitrogen and oxygen atoms in total. The lowest BCUT2D eigenvalue weighted by Gasteiger charge is -2.01. The van der Waals surface area contributed by atoms with Crippen molar-refractivity contribution in [2.75, 3.05) is 6.54 Å². The monoisotopic (exact) mass is 317 g/mol. The van der Waals surface area contributed by atoms with Gasteiger partial charge in [0.1, 0.15) is 17.3 Å². The molecule has 0 spiro atoms. The number of furan rings is 1.